The highest BCUT2D eigenvalue weighted by atomic mass is 15.1. The average Bonchev–Trinajstić information content (AvgIpc) is 2.78. The Kier molecular flexibility index (Phi) is 3.37. The molecule has 0 amide bonds. The van der Waals surface area contributed by atoms with Crippen LogP contribution in [0, 0.1) is 6.92 Å². The molecule has 2 heterocycles. The molecule has 0 radical (unpaired) electrons. The molecule has 0 aliphatic carbocycles. The summed E-state index contributed by atoms with van der Waals surface area (Å²) in [6.45, 7) is 2.98. The number of nitrogens with zero attached hydrogens (tertiary/aromatic N) is 3. The molecular formula is C16H18N4. The molecule has 0 saturated heterocycles. The molecular weight excluding hydrogens is 248 g/mol. The molecule has 0 fully saturated rings. The molecule has 20 heavy (non-hydrogen) atoms. The van der Waals surface area contributed by atoms with Gasteiger partial charge in [0.1, 0.15) is 11.3 Å². The lowest BCUT2D eigenvalue weighted by atomic mass is 10.2. The number of aromatic nitrogens is 3. The molecule has 0 unspecified atom stereocenters. The summed E-state index contributed by atoms with van der Waals surface area (Å²) in [5, 5.41) is 3.46. The number of nitrogens with one attached hydrogen (secondary N) is 1. The summed E-state index contributed by atoms with van der Waals surface area (Å²) in [5.74, 6) is 1.06. The summed E-state index contributed by atoms with van der Waals surface area (Å²) in [7, 11) is 2.02. The minimum atomic E-state index is 0.863. The van der Waals surface area contributed by atoms with Crippen molar-refractivity contribution in [3.63, 3.8) is 0 Å². The number of fused-ring (bicyclic) bond motifs is 1. The predicted molar refractivity (Wildman–Crippen MR) is 81.9 cm³/mol. The average molecular weight is 266 g/mol. The van der Waals surface area contributed by atoms with E-state index in [-0.39, 0.29) is 0 Å². The van der Waals surface area contributed by atoms with Crippen molar-refractivity contribution in [1.29, 1.82) is 0 Å². The van der Waals surface area contributed by atoms with Crippen LogP contribution >= 0.6 is 0 Å². The molecule has 0 aliphatic heterocycles. The molecule has 2 aromatic heterocycles. The van der Waals surface area contributed by atoms with E-state index in [1.54, 1.807) is 6.20 Å². The highest BCUT2D eigenvalue weighted by molar-refractivity contribution is 5.70. The van der Waals surface area contributed by atoms with E-state index in [1.165, 1.54) is 11.3 Å². The Balaban J connectivity index is 1.71. The second-order valence-corrected chi connectivity index (χ2v) is 4.92. The van der Waals surface area contributed by atoms with Gasteiger partial charge < -0.3 is 9.88 Å². The van der Waals surface area contributed by atoms with Crippen LogP contribution in [0.25, 0.3) is 11.2 Å². The second-order valence-electron chi connectivity index (χ2n) is 4.92. The number of hydrogen-bond acceptors (Lipinski definition) is 3. The molecule has 0 aliphatic rings. The Morgan fingerprint density at radius 1 is 1.15 bits per heavy atom. The van der Waals surface area contributed by atoms with E-state index in [9.17, 15) is 0 Å². The minimum absolute atomic E-state index is 0.863. The molecule has 102 valence electrons. The van der Waals surface area contributed by atoms with Gasteiger partial charge in [-0.15, -0.1) is 0 Å². The lowest BCUT2D eigenvalue weighted by Crippen LogP contribution is -2.09. The zero-order valence-electron chi connectivity index (χ0n) is 11.8. The Morgan fingerprint density at radius 2 is 2.00 bits per heavy atom. The Hall–Kier alpha value is -2.36. The molecule has 3 rings (SSSR count). The number of para-hydroxylation sites is 1. The van der Waals surface area contributed by atoms with Crippen LogP contribution in [-0.4, -0.2) is 21.1 Å². The standard InChI is InChI=1S/C16H18N4/c1-12-6-3-4-7-13(12)17-11-9-15-19-14-8-5-10-18-16(14)20(15)2/h3-8,10,17H,9,11H2,1-2H3. The van der Waals surface area contributed by atoms with Crippen molar-refractivity contribution >= 4 is 16.9 Å². The predicted octanol–water partition coefficient (Wildman–Crippen LogP) is 2.93. The maximum Gasteiger partial charge on any atom is 0.159 e. The van der Waals surface area contributed by atoms with E-state index >= 15 is 0 Å². The van der Waals surface area contributed by atoms with Crippen molar-refractivity contribution in [3.05, 3.63) is 54.0 Å². The first-order valence-corrected chi connectivity index (χ1v) is 6.81. The smallest absolute Gasteiger partial charge is 0.159 e. The van der Waals surface area contributed by atoms with Gasteiger partial charge in [-0.1, -0.05) is 18.2 Å². The number of aryl methyl sites for hydroxylation is 2. The van der Waals surface area contributed by atoms with E-state index in [4.69, 9.17) is 0 Å². The quantitative estimate of drug-likeness (QED) is 0.789. The van der Waals surface area contributed by atoms with E-state index in [2.05, 4.69) is 45.0 Å². The number of benzene rings is 1. The van der Waals surface area contributed by atoms with Crippen LogP contribution in [0.1, 0.15) is 11.4 Å². The van der Waals surface area contributed by atoms with E-state index in [0.29, 0.717) is 0 Å². The zero-order valence-corrected chi connectivity index (χ0v) is 11.8. The molecule has 1 aromatic carbocycles. The van der Waals surface area contributed by atoms with Gasteiger partial charge in [-0.3, -0.25) is 0 Å². The third-order valence-corrected chi connectivity index (χ3v) is 3.53. The van der Waals surface area contributed by atoms with Crippen LogP contribution in [0.3, 0.4) is 0 Å². The number of imidazole rings is 1. The first-order valence-electron chi connectivity index (χ1n) is 6.81. The summed E-state index contributed by atoms with van der Waals surface area (Å²) in [6, 6.07) is 12.2. The second kappa shape index (κ2) is 5.33. The molecule has 3 aromatic rings. The lowest BCUT2D eigenvalue weighted by Gasteiger charge is -2.08. The van der Waals surface area contributed by atoms with Crippen LogP contribution in [0.5, 0.6) is 0 Å². The molecule has 1 N–H and O–H groups in total. The fourth-order valence-electron chi connectivity index (χ4n) is 2.37. The molecule has 0 atom stereocenters. The summed E-state index contributed by atoms with van der Waals surface area (Å²) in [6.07, 6.45) is 2.68. The summed E-state index contributed by atoms with van der Waals surface area (Å²) in [4.78, 5) is 8.99. The minimum Gasteiger partial charge on any atom is -0.384 e. The Bertz CT molecular complexity index is 730. The zero-order chi connectivity index (χ0) is 13.9. The number of pyridine rings is 1. The van der Waals surface area contributed by atoms with Gasteiger partial charge >= 0.3 is 0 Å². The first-order chi connectivity index (χ1) is 9.75. The van der Waals surface area contributed by atoms with Gasteiger partial charge in [-0.2, -0.15) is 0 Å². The van der Waals surface area contributed by atoms with Gasteiger partial charge in [-0.25, -0.2) is 9.97 Å². The van der Waals surface area contributed by atoms with Gasteiger partial charge in [-0.05, 0) is 30.7 Å². The van der Waals surface area contributed by atoms with Crippen LogP contribution in [0.2, 0.25) is 0 Å². The van der Waals surface area contributed by atoms with Crippen molar-refractivity contribution in [2.45, 2.75) is 13.3 Å². The first kappa shape index (κ1) is 12.7. The number of rotatable bonds is 4. The molecule has 0 bridgehead atoms. The van der Waals surface area contributed by atoms with Gasteiger partial charge in [0, 0.05) is 31.9 Å². The van der Waals surface area contributed by atoms with Crippen LogP contribution in [0.15, 0.2) is 42.6 Å². The molecule has 4 nitrogen and oxygen atoms in total. The largest absolute Gasteiger partial charge is 0.384 e. The SMILES string of the molecule is Cc1ccccc1NCCc1nc2cccnc2n1C. The Morgan fingerprint density at radius 3 is 2.80 bits per heavy atom. The van der Waals surface area contributed by atoms with E-state index in [1.807, 2.05) is 25.2 Å². The normalized spacial score (nSPS) is 10.9. The van der Waals surface area contributed by atoms with E-state index < -0.39 is 0 Å². The maximum absolute atomic E-state index is 4.63. The molecule has 0 saturated carbocycles. The van der Waals surface area contributed by atoms with Crippen molar-refractivity contribution in [2.24, 2.45) is 7.05 Å². The summed E-state index contributed by atoms with van der Waals surface area (Å²) < 4.78 is 2.06. The number of hydrogen-bond donors (Lipinski definition) is 1. The van der Waals surface area contributed by atoms with E-state index in [0.717, 1.165) is 30.0 Å². The van der Waals surface area contributed by atoms with Gasteiger partial charge in [0.2, 0.25) is 0 Å². The van der Waals surface area contributed by atoms with Crippen LogP contribution < -0.4 is 5.32 Å². The monoisotopic (exact) mass is 266 g/mol. The van der Waals surface area contributed by atoms with Crippen molar-refractivity contribution in [1.82, 2.24) is 14.5 Å². The van der Waals surface area contributed by atoms with Crippen LogP contribution in [0.4, 0.5) is 5.69 Å². The van der Waals surface area contributed by atoms with Crippen molar-refractivity contribution in [3.8, 4) is 0 Å². The summed E-state index contributed by atoms with van der Waals surface area (Å²) >= 11 is 0. The topological polar surface area (TPSA) is 42.7 Å². The number of anilines is 1. The van der Waals surface area contributed by atoms with Gasteiger partial charge in [0.15, 0.2) is 5.65 Å². The van der Waals surface area contributed by atoms with Crippen LogP contribution in [-0.2, 0) is 13.5 Å². The summed E-state index contributed by atoms with van der Waals surface area (Å²) in [5.41, 5.74) is 4.35. The molecule has 4 heteroatoms. The fourth-order valence-corrected chi connectivity index (χ4v) is 2.37. The third-order valence-electron chi connectivity index (χ3n) is 3.53. The van der Waals surface area contributed by atoms with Gasteiger partial charge in [0.05, 0.1) is 0 Å². The highest BCUT2D eigenvalue weighted by Gasteiger charge is 2.07. The van der Waals surface area contributed by atoms with Crippen molar-refractivity contribution in [2.75, 3.05) is 11.9 Å². The third kappa shape index (κ3) is 2.37. The highest BCUT2D eigenvalue weighted by Crippen LogP contribution is 2.14. The van der Waals surface area contributed by atoms with Gasteiger partial charge in [0.25, 0.3) is 0 Å². The lowest BCUT2D eigenvalue weighted by molar-refractivity contribution is 0.801. The maximum atomic E-state index is 4.63. The molecule has 0 spiro atoms. The van der Waals surface area contributed by atoms with Crippen molar-refractivity contribution < 1.29 is 0 Å². The Labute approximate surface area is 118 Å². The fraction of sp³-hybridized carbons (Fsp3) is 0.250.